The molecule has 0 radical (unpaired) electrons. The first-order valence-corrected chi connectivity index (χ1v) is 8.70. The third kappa shape index (κ3) is 3.50. The fourth-order valence-corrected chi connectivity index (χ4v) is 5.15. The van der Waals surface area contributed by atoms with Crippen molar-refractivity contribution >= 4 is 22.8 Å². The molecule has 0 aliphatic carbocycles. The molecule has 0 saturated heterocycles. The summed E-state index contributed by atoms with van der Waals surface area (Å²) in [5.74, 6) is 3.78. The van der Waals surface area contributed by atoms with Gasteiger partial charge in [-0.1, -0.05) is 0 Å². The van der Waals surface area contributed by atoms with E-state index in [2.05, 4.69) is 85.3 Å². The second-order valence-electron chi connectivity index (χ2n) is 4.33. The zero-order valence-corrected chi connectivity index (χ0v) is 12.5. The molecule has 2 aromatic rings. The van der Waals surface area contributed by atoms with Crippen LogP contribution in [-0.2, 0) is 0 Å². The Labute approximate surface area is 114 Å². The Morgan fingerprint density at radius 2 is 1.22 bits per heavy atom. The summed E-state index contributed by atoms with van der Waals surface area (Å²) < 4.78 is 2.77. The molecule has 18 heavy (non-hydrogen) atoms. The van der Waals surface area contributed by atoms with Crippen LogP contribution in [0.1, 0.15) is 13.8 Å². The van der Waals surface area contributed by atoms with Crippen LogP contribution in [0.25, 0.3) is 0 Å². The van der Waals surface area contributed by atoms with Crippen LogP contribution in [0.4, 0.5) is 0 Å². The van der Waals surface area contributed by atoms with Crippen molar-refractivity contribution in [3.63, 3.8) is 0 Å². The first-order valence-electron chi connectivity index (χ1n) is 6.13. The maximum atomic E-state index is 3.53. The number of benzene rings is 2. The summed E-state index contributed by atoms with van der Waals surface area (Å²) in [5.41, 5.74) is 0. The fourth-order valence-electron chi connectivity index (χ4n) is 1.54. The Morgan fingerprint density at radius 1 is 0.778 bits per heavy atom. The van der Waals surface area contributed by atoms with E-state index in [-0.39, 0.29) is 0 Å². The molecule has 0 aliphatic rings. The van der Waals surface area contributed by atoms with E-state index in [1.54, 1.807) is 0 Å². The molecule has 2 aromatic carbocycles. The second kappa shape index (κ2) is 6.45. The van der Waals surface area contributed by atoms with Crippen LogP contribution < -0.4 is 8.92 Å². The molecule has 0 fully saturated rings. The molecule has 0 aliphatic heterocycles. The molecule has 1 heteroatoms. The van der Waals surface area contributed by atoms with Gasteiger partial charge >= 0.3 is 114 Å². The summed E-state index contributed by atoms with van der Waals surface area (Å²) in [6, 6.07) is 21.3. The van der Waals surface area contributed by atoms with Crippen molar-refractivity contribution < 1.29 is 0 Å². The van der Waals surface area contributed by atoms with Crippen molar-refractivity contribution in [2.75, 3.05) is 0 Å². The van der Waals surface area contributed by atoms with Crippen molar-refractivity contribution in [3.05, 3.63) is 60.7 Å². The van der Waals surface area contributed by atoms with Crippen LogP contribution in [0.3, 0.4) is 0 Å². The van der Waals surface area contributed by atoms with Crippen molar-refractivity contribution in [2.24, 2.45) is 5.92 Å². The summed E-state index contributed by atoms with van der Waals surface area (Å²) in [6.45, 7) is 4.29. The molecule has 0 aromatic heterocycles. The molecule has 0 saturated carbocycles. The molecule has 0 spiro atoms. The van der Waals surface area contributed by atoms with Gasteiger partial charge in [-0.2, -0.15) is 0 Å². The topological polar surface area (TPSA) is 0 Å². The zero-order valence-electron chi connectivity index (χ0n) is 10.8. The van der Waals surface area contributed by atoms with Crippen molar-refractivity contribution in [1.82, 2.24) is 0 Å². The number of hydrogen-bond donors (Lipinski definition) is 0. The summed E-state index contributed by atoms with van der Waals surface area (Å²) in [5, 5.41) is 0. The van der Waals surface area contributed by atoms with Crippen LogP contribution in [0.5, 0.6) is 0 Å². The van der Waals surface area contributed by atoms with Gasteiger partial charge < -0.3 is 0 Å². The van der Waals surface area contributed by atoms with E-state index in [9.17, 15) is 0 Å². The molecule has 0 N–H and O–H groups in total. The van der Waals surface area contributed by atoms with Gasteiger partial charge in [-0.15, -0.1) is 0 Å². The van der Waals surface area contributed by atoms with Crippen LogP contribution in [0, 0.1) is 16.7 Å². The van der Waals surface area contributed by atoms with Crippen LogP contribution >= 0.6 is 0 Å². The minimum absolute atomic E-state index is 0.434. The second-order valence-corrected chi connectivity index (χ2v) is 8.02. The number of rotatable bonds is 2. The Balaban J connectivity index is 2.40. The first-order chi connectivity index (χ1) is 8.77. The van der Waals surface area contributed by atoms with Crippen LogP contribution in [0.15, 0.2) is 60.7 Å². The van der Waals surface area contributed by atoms with E-state index in [1.165, 1.54) is 8.92 Å². The Morgan fingerprint density at radius 3 is 1.61 bits per heavy atom. The van der Waals surface area contributed by atoms with Gasteiger partial charge in [0.1, 0.15) is 0 Å². The predicted molar refractivity (Wildman–Crippen MR) is 80.5 cm³/mol. The van der Waals surface area contributed by atoms with Gasteiger partial charge in [0, 0.05) is 0 Å². The molecule has 0 bridgehead atoms. The molecule has 0 nitrogen and oxygen atoms in total. The van der Waals surface area contributed by atoms with Crippen LogP contribution in [0.2, 0.25) is 0 Å². The third-order valence-electron chi connectivity index (χ3n) is 2.41. The Hall–Kier alpha value is -1.48. The molecule has 2 rings (SSSR count). The van der Waals surface area contributed by atoms with E-state index < -0.39 is 13.9 Å². The number of hydrogen-bond acceptors (Lipinski definition) is 0. The van der Waals surface area contributed by atoms with Gasteiger partial charge in [0.05, 0.1) is 0 Å². The maximum absolute atomic E-state index is 3.53. The zero-order chi connectivity index (χ0) is 12.8. The van der Waals surface area contributed by atoms with E-state index >= 15 is 0 Å². The summed E-state index contributed by atoms with van der Waals surface area (Å²) in [6.07, 6.45) is 0. The SMILES string of the molecule is CC(C)C#C[Se+](c1ccccc1)c1ccccc1. The predicted octanol–water partition coefficient (Wildman–Crippen LogP) is 2.49. The normalized spacial score (nSPS) is 10.2. The van der Waals surface area contributed by atoms with Gasteiger partial charge in [0.15, 0.2) is 0 Å². The van der Waals surface area contributed by atoms with Gasteiger partial charge in [-0.25, -0.2) is 0 Å². The molecule has 0 atom stereocenters. The van der Waals surface area contributed by atoms with Gasteiger partial charge in [0.2, 0.25) is 0 Å². The van der Waals surface area contributed by atoms with Crippen molar-refractivity contribution in [1.29, 1.82) is 0 Å². The molecular weight excluding hydrogens is 283 g/mol. The van der Waals surface area contributed by atoms with Crippen molar-refractivity contribution in [3.8, 4) is 10.7 Å². The molecule has 0 unspecified atom stereocenters. The van der Waals surface area contributed by atoms with Gasteiger partial charge in [-0.05, 0) is 0 Å². The van der Waals surface area contributed by atoms with Crippen molar-refractivity contribution in [2.45, 2.75) is 13.8 Å². The van der Waals surface area contributed by atoms with E-state index in [1.807, 2.05) is 0 Å². The average Bonchev–Trinajstić information content (AvgIpc) is 2.41. The van der Waals surface area contributed by atoms with Gasteiger partial charge in [-0.3, -0.25) is 0 Å². The summed E-state index contributed by atoms with van der Waals surface area (Å²) in [7, 11) is 0. The van der Waals surface area contributed by atoms with Crippen LogP contribution in [-0.4, -0.2) is 13.9 Å². The molecule has 90 valence electrons. The Bertz CT molecular complexity index is 493. The molecule has 0 heterocycles. The van der Waals surface area contributed by atoms with E-state index in [0.29, 0.717) is 5.92 Å². The first kappa shape index (κ1) is 13.0. The fraction of sp³-hybridized carbons (Fsp3) is 0.176. The average molecular weight is 300 g/mol. The third-order valence-corrected chi connectivity index (χ3v) is 6.20. The minimum atomic E-state index is -1.21. The quantitative estimate of drug-likeness (QED) is 0.590. The monoisotopic (exact) mass is 301 g/mol. The Kier molecular flexibility index (Phi) is 4.65. The van der Waals surface area contributed by atoms with E-state index in [0.717, 1.165) is 0 Å². The molecule has 0 amide bonds. The summed E-state index contributed by atoms with van der Waals surface area (Å²) >= 11 is -1.21. The summed E-state index contributed by atoms with van der Waals surface area (Å²) in [4.78, 5) is 3.53. The molecular formula is C17H17Se+. The standard InChI is InChI=1S/C17H17Se/c1-15(2)13-14-18(16-9-5-3-6-10-16)17-11-7-4-8-12-17/h3-12,15H,1-2H3/q+1. The van der Waals surface area contributed by atoms with E-state index in [4.69, 9.17) is 0 Å². The van der Waals surface area contributed by atoms with Gasteiger partial charge in [0.25, 0.3) is 0 Å².